The van der Waals surface area contributed by atoms with E-state index in [1.54, 1.807) is 12.3 Å². The van der Waals surface area contributed by atoms with Crippen LogP contribution in [0.1, 0.15) is 27.3 Å². The summed E-state index contributed by atoms with van der Waals surface area (Å²) < 4.78 is 4.38. The van der Waals surface area contributed by atoms with Crippen LogP contribution < -0.4 is 5.43 Å². The smallest absolute Gasteiger partial charge is 0.271 e. The van der Waals surface area contributed by atoms with Crippen LogP contribution in [0, 0.1) is 13.8 Å². The molecule has 0 bridgehead atoms. The monoisotopic (exact) mass is 534 g/mol. The number of aromatic nitrogens is 2. The van der Waals surface area contributed by atoms with Gasteiger partial charge in [-0.1, -0.05) is 84.9 Å². The fourth-order valence-electron chi connectivity index (χ4n) is 5.27. The number of rotatable bonds is 7. The van der Waals surface area contributed by atoms with Gasteiger partial charge in [-0.15, -0.1) is 0 Å². The molecular formula is C36H30N4O. The van der Waals surface area contributed by atoms with E-state index in [0.717, 1.165) is 50.8 Å². The Morgan fingerprint density at radius 2 is 1.22 bits per heavy atom. The van der Waals surface area contributed by atoms with Gasteiger partial charge in [0.05, 0.1) is 17.6 Å². The van der Waals surface area contributed by atoms with Crippen LogP contribution >= 0.6 is 0 Å². The van der Waals surface area contributed by atoms with Gasteiger partial charge in [-0.2, -0.15) is 5.10 Å². The van der Waals surface area contributed by atoms with Crippen molar-refractivity contribution in [3.63, 3.8) is 0 Å². The summed E-state index contributed by atoms with van der Waals surface area (Å²) >= 11 is 0. The highest BCUT2D eigenvalue weighted by Crippen LogP contribution is 2.35. The van der Waals surface area contributed by atoms with E-state index in [1.807, 2.05) is 72.8 Å². The van der Waals surface area contributed by atoms with Crippen molar-refractivity contribution in [2.75, 3.05) is 0 Å². The standard InChI is InChI=1S/C36H30N4O/c1-26-21-22-27(2)39(26)33-20-12-17-30(23-33)36(41)38-37-25-31-24-34(28-13-6-3-7-14-28)40(32-18-10-5-11-19-32)35(31)29-15-8-4-9-16-29/h3-25H,1-2H3,(H,38,41)/b37-25-. The molecule has 5 nitrogen and oxygen atoms in total. The van der Waals surface area contributed by atoms with Crippen molar-refractivity contribution in [2.45, 2.75) is 13.8 Å². The quantitative estimate of drug-likeness (QED) is 0.164. The van der Waals surface area contributed by atoms with Crippen molar-refractivity contribution >= 4 is 12.1 Å². The fraction of sp³-hybridized carbons (Fsp3) is 0.0556. The SMILES string of the molecule is Cc1ccc(C)n1-c1cccc(C(=O)N/N=C\c2cc(-c3ccccc3)n(-c3ccccc3)c2-c2ccccc2)c1. The molecule has 6 rings (SSSR count). The summed E-state index contributed by atoms with van der Waals surface area (Å²) in [6.07, 6.45) is 1.73. The van der Waals surface area contributed by atoms with E-state index in [1.165, 1.54) is 0 Å². The molecule has 1 N–H and O–H groups in total. The first-order chi connectivity index (χ1) is 20.1. The maximum absolute atomic E-state index is 13.2. The topological polar surface area (TPSA) is 51.3 Å². The van der Waals surface area contributed by atoms with Gasteiger partial charge in [0, 0.05) is 33.9 Å². The number of carbonyl (C=O) groups excluding carboxylic acids is 1. The van der Waals surface area contributed by atoms with E-state index in [4.69, 9.17) is 0 Å². The number of aryl methyl sites for hydroxylation is 2. The van der Waals surface area contributed by atoms with E-state index >= 15 is 0 Å². The van der Waals surface area contributed by atoms with Crippen LogP contribution in [0.4, 0.5) is 0 Å². The summed E-state index contributed by atoms with van der Waals surface area (Å²) in [5, 5.41) is 4.43. The summed E-state index contributed by atoms with van der Waals surface area (Å²) in [6.45, 7) is 4.11. The van der Waals surface area contributed by atoms with Crippen molar-refractivity contribution in [2.24, 2.45) is 5.10 Å². The zero-order valence-electron chi connectivity index (χ0n) is 23.0. The average Bonchev–Trinajstić information content (AvgIpc) is 3.57. The van der Waals surface area contributed by atoms with Crippen molar-refractivity contribution in [1.29, 1.82) is 0 Å². The number of nitrogens with zero attached hydrogens (tertiary/aromatic N) is 3. The van der Waals surface area contributed by atoms with E-state index in [9.17, 15) is 4.79 Å². The van der Waals surface area contributed by atoms with Gasteiger partial charge in [0.15, 0.2) is 0 Å². The Kier molecular flexibility index (Phi) is 7.16. The Morgan fingerprint density at radius 1 is 0.634 bits per heavy atom. The Morgan fingerprint density at radius 3 is 1.88 bits per heavy atom. The zero-order valence-corrected chi connectivity index (χ0v) is 23.0. The molecule has 1 amide bonds. The second-order valence-electron chi connectivity index (χ2n) is 9.94. The van der Waals surface area contributed by atoms with Crippen molar-refractivity contribution in [3.8, 4) is 33.9 Å². The highest BCUT2D eigenvalue weighted by Gasteiger charge is 2.18. The molecule has 0 radical (unpaired) electrons. The van der Waals surface area contributed by atoms with Gasteiger partial charge >= 0.3 is 0 Å². The van der Waals surface area contributed by atoms with Crippen LogP contribution in [0.15, 0.2) is 139 Å². The highest BCUT2D eigenvalue weighted by molar-refractivity contribution is 5.97. The van der Waals surface area contributed by atoms with Crippen LogP contribution in [0.5, 0.6) is 0 Å². The van der Waals surface area contributed by atoms with Crippen LogP contribution in [0.2, 0.25) is 0 Å². The molecule has 0 aliphatic rings. The second kappa shape index (κ2) is 11.4. The molecule has 4 aromatic carbocycles. The number of hydrogen-bond donors (Lipinski definition) is 1. The molecule has 0 spiro atoms. The van der Waals surface area contributed by atoms with Gasteiger partial charge in [0.25, 0.3) is 5.91 Å². The Balaban J connectivity index is 1.38. The van der Waals surface area contributed by atoms with E-state index < -0.39 is 0 Å². The third-order valence-corrected chi connectivity index (χ3v) is 7.17. The number of amides is 1. The molecule has 41 heavy (non-hydrogen) atoms. The summed E-state index contributed by atoms with van der Waals surface area (Å²) in [7, 11) is 0. The summed E-state index contributed by atoms with van der Waals surface area (Å²) in [5.41, 5.74) is 12.6. The molecule has 2 heterocycles. The van der Waals surface area contributed by atoms with Crippen molar-refractivity contribution in [3.05, 3.63) is 156 Å². The molecule has 0 aliphatic carbocycles. The lowest BCUT2D eigenvalue weighted by Crippen LogP contribution is -2.18. The lowest BCUT2D eigenvalue weighted by atomic mass is 10.1. The van der Waals surface area contributed by atoms with Crippen LogP contribution in [-0.4, -0.2) is 21.3 Å². The highest BCUT2D eigenvalue weighted by atomic mass is 16.2. The summed E-state index contributed by atoms with van der Waals surface area (Å²) in [6, 6.07) is 44.7. The Labute approximate surface area is 240 Å². The molecular weight excluding hydrogens is 504 g/mol. The summed E-state index contributed by atoms with van der Waals surface area (Å²) in [5.74, 6) is -0.266. The fourth-order valence-corrected chi connectivity index (χ4v) is 5.27. The van der Waals surface area contributed by atoms with Gasteiger partial charge in [0.1, 0.15) is 0 Å². The molecule has 0 aliphatic heterocycles. The number of carbonyl (C=O) groups is 1. The van der Waals surface area contributed by atoms with Gasteiger partial charge in [0.2, 0.25) is 0 Å². The lowest BCUT2D eigenvalue weighted by molar-refractivity contribution is 0.0955. The molecule has 6 aromatic rings. The molecule has 0 saturated heterocycles. The first kappa shape index (κ1) is 25.8. The molecule has 200 valence electrons. The van der Waals surface area contributed by atoms with Gasteiger partial charge in [-0.25, -0.2) is 5.43 Å². The molecule has 0 saturated carbocycles. The van der Waals surface area contributed by atoms with Crippen molar-refractivity contribution in [1.82, 2.24) is 14.6 Å². The number of hydrazone groups is 1. The third-order valence-electron chi connectivity index (χ3n) is 7.17. The van der Waals surface area contributed by atoms with Crippen molar-refractivity contribution < 1.29 is 4.79 Å². The largest absolute Gasteiger partial charge is 0.318 e. The number of nitrogens with one attached hydrogen (secondary N) is 1. The molecule has 5 heteroatoms. The maximum atomic E-state index is 13.2. The second-order valence-corrected chi connectivity index (χ2v) is 9.94. The normalized spacial score (nSPS) is 11.2. The molecule has 2 aromatic heterocycles. The summed E-state index contributed by atoms with van der Waals surface area (Å²) in [4.78, 5) is 13.2. The van der Waals surface area contributed by atoms with Gasteiger partial charge in [-0.05, 0) is 73.5 Å². The van der Waals surface area contributed by atoms with Gasteiger partial charge < -0.3 is 9.13 Å². The number of hydrogen-bond acceptors (Lipinski definition) is 2. The number of para-hydroxylation sites is 1. The average molecular weight is 535 g/mol. The van der Waals surface area contributed by atoms with E-state index in [0.29, 0.717) is 5.56 Å². The van der Waals surface area contributed by atoms with Crippen LogP contribution in [0.25, 0.3) is 33.9 Å². The van der Waals surface area contributed by atoms with E-state index in [2.05, 4.69) is 88.1 Å². The maximum Gasteiger partial charge on any atom is 0.271 e. The molecule has 0 fully saturated rings. The lowest BCUT2D eigenvalue weighted by Gasteiger charge is -2.15. The van der Waals surface area contributed by atoms with Crippen LogP contribution in [0.3, 0.4) is 0 Å². The minimum absolute atomic E-state index is 0.266. The Hall–Kier alpha value is -5.42. The minimum Gasteiger partial charge on any atom is -0.318 e. The Bertz CT molecular complexity index is 1810. The molecule has 0 atom stereocenters. The third kappa shape index (κ3) is 5.25. The van der Waals surface area contributed by atoms with E-state index in [-0.39, 0.29) is 5.91 Å². The molecule has 0 unspecified atom stereocenters. The van der Waals surface area contributed by atoms with Crippen LogP contribution in [-0.2, 0) is 0 Å². The first-order valence-corrected chi connectivity index (χ1v) is 13.6. The van der Waals surface area contributed by atoms with Gasteiger partial charge in [-0.3, -0.25) is 4.79 Å². The first-order valence-electron chi connectivity index (χ1n) is 13.6. The predicted octanol–water partition coefficient (Wildman–Crippen LogP) is 7.98. The minimum atomic E-state index is -0.266. The number of benzene rings is 4. The zero-order chi connectivity index (χ0) is 28.2. The predicted molar refractivity (Wildman–Crippen MR) is 167 cm³/mol.